The smallest absolute Gasteiger partial charge is 0.307 e. The van der Waals surface area contributed by atoms with Gasteiger partial charge < -0.3 is 15.0 Å². The van der Waals surface area contributed by atoms with Crippen molar-refractivity contribution in [1.82, 2.24) is 5.32 Å². The van der Waals surface area contributed by atoms with Crippen molar-refractivity contribution >= 4 is 11.7 Å². The van der Waals surface area contributed by atoms with Gasteiger partial charge in [0.1, 0.15) is 0 Å². The van der Waals surface area contributed by atoms with Crippen LogP contribution in [0, 0.1) is 0 Å². The maximum absolute atomic E-state index is 11.1. The van der Waals surface area contributed by atoms with E-state index in [0.717, 1.165) is 19.5 Å². The third-order valence-electron chi connectivity index (χ3n) is 3.06. The third kappa shape index (κ3) is 6.25. The number of esters is 1. The second-order valence-corrected chi connectivity index (χ2v) is 4.75. The predicted molar refractivity (Wildman–Crippen MR) is 78.4 cm³/mol. The van der Waals surface area contributed by atoms with Gasteiger partial charge in [0.05, 0.1) is 13.5 Å². The van der Waals surface area contributed by atoms with Crippen molar-refractivity contribution in [3.8, 4) is 0 Å². The topological polar surface area (TPSA) is 41.6 Å². The summed E-state index contributed by atoms with van der Waals surface area (Å²) in [5, 5.41) is 3.33. The van der Waals surface area contributed by atoms with E-state index >= 15 is 0 Å². The van der Waals surface area contributed by atoms with Crippen LogP contribution in [0.4, 0.5) is 5.69 Å². The zero-order valence-electron chi connectivity index (χ0n) is 12.1. The van der Waals surface area contributed by atoms with E-state index < -0.39 is 0 Å². The lowest BCUT2D eigenvalue weighted by Gasteiger charge is -2.20. The molecular formula is C15H24N2O2. The number of anilines is 1. The molecule has 0 saturated heterocycles. The number of ether oxygens (including phenoxy) is 1. The maximum Gasteiger partial charge on any atom is 0.307 e. The summed E-state index contributed by atoms with van der Waals surface area (Å²) in [7, 11) is 3.51. The standard InChI is InChI=1S/C15H24N2O2/c1-13(12-15(18)19-3)16-10-7-11-17(2)14-8-5-4-6-9-14/h4-6,8-9,13,16H,7,10-12H2,1-3H3. The molecule has 1 aromatic carbocycles. The Labute approximate surface area is 115 Å². The number of rotatable bonds is 8. The third-order valence-corrected chi connectivity index (χ3v) is 3.06. The summed E-state index contributed by atoms with van der Waals surface area (Å²) in [5.41, 5.74) is 1.23. The van der Waals surface area contributed by atoms with E-state index in [1.165, 1.54) is 12.8 Å². The highest BCUT2D eigenvalue weighted by atomic mass is 16.5. The van der Waals surface area contributed by atoms with Gasteiger partial charge in [0.15, 0.2) is 0 Å². The molecule has 0 aromatic heterocycles. The number of carbonyl (C=O) groups is 1. The van der Waals surface area contributed by atoms with E-state index in [2.05, 4.69) is 34.1 Å². The normalized spacial score (nSPS) is 11.9. The van der Waals surface area contributed by atoms with Crippen LogP contribution in [0.1, 0.15) is 19.8 Å². The molecular weight excluding hydrogens is 240 g/mol. The highest BCUT2D eigenvalue weighted by Gasteiger charge is 2.08. The Kier molecular flexibility index (Phi) is 6.97. The van der Waals surface area contributed by atoms with Gasteiger partial charge in [-0.2, -0.15) is 0 Å². The van der Waals surface area contributed by atoms with E-state index in [9.17, 15) is 4.79 Å². The van der Waals surface area contributed by atoms with Crippen molar-refractivity contribution in [1.29, 1.82) is 0 Å². The molecule has 0 saturated carbocycles. The van der Waals surface area contributed by atoms with E-state index in [4.69, 9.17) is 0 Å². The molecule has 106 valence electrons. The zero-order valence-corrected chi connectivity index (χ0v) is 12.1. The summed E-state index contributed by atoms with van der Waals surface area (Å²) in [4.78, 5) is 13.3. The Morgan fingerprint density at radius 3 is 2.68 bits per heavy atom. The largest absolute Gasteiger partial charge is 0.469 e. The van der Waals surface area contributed by atoms with Gasteiger partial charge in [0.2, 0.25) is 0 Å². The fraction of sp³-hybridized carbons (Fsp3) is 0.533. The molecule has 0 heterocycles. The van der Waals surface area contributed by atoms with Gasteiger partial charge in [-0.1, -0.05) is 18.2 Å². The number of nitrogens with zero attached hydrogens (tertiary/aromatic N) is 1. The van der Waals surface area contributed by atoms with Gasteiger partial charge in [0.25, 0.3) is 0 Å². The van der Waals surface area contributed by atoms with Crippen molar-refractivity contribution in [2.75, 3.05) is 32.1 Å². The van der Waals surface area contributed by atoms with Crippen LogP contribution in [0.15, 0.2) is 30.3 Å². The van der Waals surface area contributed by atoms with E-state index in [-0.39, 0.29) is 12.0 Å². The molecule has 0 aliphatic rings. The molecule has 1 atom stereocenters. The number of hydrogen-bond donors (Lipinski definition) is 1. The van der Waals surface area contributed by atoms with Gasteiger partial charge in [-0.25, -0.2) is 0 Å². The Hall–Kier alpha value is -1.55. The van der Waals surface area contributed by atoms with Gasteiger partial charge in [0, 0.05) is 25.3 Å². The molecule has 1 N–H and O–H groups in total. The molecule has 4 heteroatoms. The minimum Gasteiger partial charge on any atom is -0.469 e. The number of methoxy groups -OCH3 is 1. The Bertz CT molecular complexity index is 368. The number of para-hydroxylation sites is 1. The molecule has 1 unspecified atom stereocenters. The molecule has 0 bridgehead atoms. The lowest BCUT2D eigenvalue weighted by molar-refractivity contribution is -0.141. The minimum absolute atomic E-state index is 0.162. The minimum atomic E-state index is -0.165. The molecule has 0 aliphatic carbocycles. The maximum atomic E-state index is 11.1. The quantitative estimate of drug-likeness (QED) is 0.576. The summed E-state index contributed by atoms with van der Waals surface area (Å²) < 4.78 is 4.64. The highest BCUT2D eigenvalue weighted by Crippen LogP contribution is 2.10. The SMILES string of the molecule is COC(=O)CC(C)NCCCN(C)c1ccccc1. The Balaban J connectivity index is 2.15. The average molecular weight is 264 g/mol. The van der Waals surface area contributed by atoms with E-state index in [1.807, 2.05) is 25.1 Å². The van der Waals surface area contributed by atoms with Gasteiger partial charge >= 0.3 is 5.97 Å². The lowest BCUT2D eigenvalue weighted by atomic mass is 10.2. The average Bonchev–Trinajstić information content (AvgIpc) is 2.44. The number of carbonyl (C=O) groups excluding carboxylic acids is 1. The molecule has 1 rings (SSSR count). The van der Waals surface area contributed by atoms with Crippen LogP contribution in [-0.2, 0) is 9.53 Å². The molecule has 0 fully saturated rings. The highest BCUT2D eigenvalue weighted by molar-refractivity contribution is 5.69. The predicted octanol–water partition coefficient (Wildman–Crippen LogP) is 2.05. The van der Waals surface area contributed by atoms with E-state index in [0.29, 0.717) is 6.42 Å². The molecule has 0 amide bonds. The first-order chi connectivity index (χ1) is 9.13. The van der Waals surface area contributed by atoms with Crippen LogP contribution in [-0.4, -0.2) is 39.3 Å². The van der Waals surface area contributed by atoms with Gasteiger partial charge in [-0.3, -0.25) is 4.79 Å². The van der Waals surface area contributed by atoms with Crippen LogP contribution in [0.25, 0.3) is 0 Å². The van der Waals surface area contributed by atoms with Crippen LogP contribution in [0.5, 0.6) is 0 Å². The summed E-state index contributed by atoms with van der Waals surface area (Å²) in [6.45, 7) is 3.88. The second kappa shape index (κ2) is 8.53. The van der Waals surface area contributed by atoms with Crippen molar-refractivity contribution < 1.29 is 9.53 Å². The summed E-state index contributed by atoms with van der Waals surface area (Å²) >= 11 is 0. The van der Waals surface area contributed by atoms with Crippen LogP contribution >= 0.6 is 0 Å². The first-order valence-electron chi connectivity index (χ1n) is 6.70. The fourth-order valence-corrected chi connectivity index (χ4v) is 1.88. The van der Waals surface area contributed by atoms with Gasteiger partial charge in [-0.05, 0) is 32.0 Å². The molecule has 0 radical (unpaired) electrons. The number of benzene rings is 1. The van der Waals surface area contributed by atoms with Crippen LogP contribution < -0.4 is 10.2 Å². The fourth-order valence-electron chi connectivity index (χ4n) is 1.88. The van der Waals surface area contributed by atoms with E-state index in [1.54, 1.807) is 0 Å². The monoisotopic (exact) mass is 264 g/mol. The summed E-state index contributed by atoms with van der Waals surface area (Å²) in [6, 6.07) is 10.5. The first kappa shape index (κ1) is 15.5. The first-order valence-corrected chi connectivity index (χ1v) is 6.70. The molecule has 19 heavy (non-hydrogen) atoms. The lowest BCUT2D eigenvalue weighted by Crippen LogP contribution is -2.31. The Morgan fingerprint density at radius 2 is 2.05 bits per heavy atom. The Morgan fingerprint density at radius 1 is 1.37 bits per heavy atom. The van der Waals surface area contributed by atoms with Gasteiger partial charge in [-0.15, -0.1) is 0 Å². The summed E-state index contributed by atoms with van der Waals surface area (Å²) in [6.07, 6.45) is 1.46. The van der Waals surface area contributed by atoms with Crippen LogP contribution in [0.2, 0.25) is 0 Å². The molecule has 0 aliphatic heterocycles. The van der Waals surface area contributed by atoms with Crippen molar-refractivity contribution in [3.63, 3.8) is 0 Å². The molecule has 4 nitrogen and oxygen atoms in total. The van der Waals surface area contributed by atoms with Crippen molar-refractivity contribution in [3.05, 3.63) is 30.3 Å². The zero-order chi connectivity index (χ0) is 14.1. The van der Waals surface area contributed by atoms with Crippen molar-refractivity contribution in [2.24, 2.45) is 0 Å². The number of nitrogens with one attached hydrogen (secondary N) is 1. The summed E-state index contributed by atoms with van der Waals surface area (Å²) in [5.74, 6) is -0.165. The van der Waals surface area contributed by atoms with Crippen LogP contribution in [0.3, 0.4) is 0 Å². The number of hydrogen-bond acceptors (Lipinski definition) is 4. The van der Waals surface area contributed by atoms with Crippen molar-refractivity contribution in [2.45, 2.75) is 25.8 Å². The molecule has 1 aromatic rings. The second-order valence-electron chi connectivity index (χ2n) is 4.75. The molecule has 0 spiro atoms.